The number of Topliss-reactive ketones (excluding diaryl/α,β-unsaturated/α-hetero) is 1. The molecule has 0 saturated carbocycles. The molecule has 0 bridgehead atoms. The number of esters is 1. The summed E-state index contributed by atoms with van der Waals surface area (Å²) in [5, 5.41) is 8.70. The maximum Gasteiger partial charge on any atom is 0.338 e. The van der Waals surface area contributed by atoms with E-state index in [0.29, 0.717) is 16.7 Å². The van der Waals surface area contributed by atoms with Gasteiger partial charge in [-0.1, -0.05) is 12.1 Å². The van der Waals surface area contributed by atoms with E-state index in [0.717, 1.165) is 11.1 Å². The predicted molar refractivity (Wildman–Crippen MR) is 81.7 cm³/mol. The zero-order valence-corrected chi connectivity index (χ0v) is 12.4. The lowest BCUT2D eigenvalue weighted by Crippen LogP contribution is -2.14. The SMILES string of the molecule is Cc1ccc(C(=O)COC(=O)c2ccc(C#N)cc2)cc1C. The highest BCUT2D eigenvalue weighted by Gasteiger charge is 2.12. The summed E-state index contributed by atoms with van der Waals surface area (Å²) in [6.45, 7) is 3.59. The van der Waals surface area contributed by atoms with Gasteiger partial charge in [0, 0.05) is 5.56 Å². The van der Waals surface area contributed by atoms with Crippen LogP contribution in [0.2, 0.25) is 0 Å². The molecule has 22 heavy (non-hydrogen) atoms. The number of rotatable bonds is 4. The van der Waals surface area contributed by atoms with Gasteiger partial charge in [0.2, 0.25) is 0 Å². The average Bonchev–Trinajstić information content (AvgIpc) is 2.54. The lowest BCUT2D eigenvalue weighted by molar-refractivity contribution is 0.0475. The molecule has 0 aliphatic rings. The molecule has 0 saturated heterocycles. The van der Waals surface area contributed by atoms with E-state index < -0.39 is 5.97 Å². The molecule has 110 valence electrons. The second-order valence-corrected chi connectivity index (χ2v) is 4.99. The van der Waals surface area contributed by atoms with Crippen molar-refractivity contribution in [3.05, 3.63) is 70.3 Å². The average molecular weight is 293 g/mol. The lowest BCUT2D eigenvalue weighted by atomic mass is 10.0. The molecule has 2 rings (SSSR count). The molecule has 0 amide bonds. The summed E-state index contributed by atoms with van der Waals surface area (Å²) in [6.07, 6.45) is 0. The Hall–Kier alpha value is -2.93. The number of benzene rings is 2. The molecule has 0 N–H and O–H groups in total. The molecule has 0 atom stereocenters. The molecule has 0 aromatic heterocycles. The van der Waals surface area contributed by atoms with Gasteiger partial charge in [0.15, 0.2) is 12.4 Å². The first-order chi connectivity index (χ1) is 10.5. The molecule has 0 heterocycles. The Kier molecular flexibility index (Phi) is 4.70. The first-order valence-electron chi connectivity index (χ1n) is 6.79. The monoisotopic (exact) mass is 293 g/mol. The highest BCUT2D eigenvalue weighted by Crippen LogP contribution is 2.11. The Balaban J connectivity index is 1.99. The first kappa shape index (κ1) is 15.5. The van der Waals surface area contributed by atoms with Crippen molar-refractivity contribution in [3.63, 3.8) is 0 Å². The minimum absolute atomic E-state index is 0.245. The van der Waals surface area contributed by atoms with Gasteiger partial charge in [-0.3, -0.25) is 4.79 Å². The van der Waals surface area contributed by atoms with Crippen LogP contribution >= 0.6 is 0 Å². The van der Waals surface area contributed by atoms with Gasteiger partial charge in [-0.25, -0.2) is 4.79 Å². The topological polar surface area (TPSA) is 67.2 Å². The minimum Gasteiger partial charge on any atom is -0.454 e. The molecule has 2 aromatic carbocycles. The number of ketones is 1. The minimum atomic E-state index is -0.582. The normalized spacial score (nSPS) is 9.86. The Morgan fingerprint density at radius 3 is 2.23 bits per heavy atom. The van der Waals surface area contributed by atoms with Gasteiger partial charge >= 0.3 is 5.97 Å². The van der Waals surface area contributed by atoms with Crippen LogP contribution in [-0.2, 0) is 4.74 Å². The van der Waals surface area contributed by atoms with Crippen LogP contribution in [0.4, 0.5) is 0 Å². The van der Waals surface area contributed by atoms with Crippen LogP contribution in [0.15, 0.2) is 42.5 Å². The first-order valence-corrected chi connectivity index (χ1v) is 6.79. The molecule has 0 fully saturated rings. The van der Waals surface area contributed by atoms with Crippen molar-refractivity contribution in [2.75, 3.05) is 6.61 Å². The molecule has 0 aliphatic heterocycles. The van der Waals surface area contributed by atoms with Crippen molar-refractivity contribution >= 4 is 11.8 Å². The fourth-order valence-electron chi connectivity index (χ4n) is 1.89. The lowest BCUT2D eigenvalue weighted by Gasteiger charge is -2.06. The van der Waals surface area contributed by atoms with E-state index in [9.17, 15) is 9.59 Å². The van der Waals surface area contributed by atoms with E-state index in [1.165, 1.54) is 24.3 Å². The van der Waals surface area contributed by atoms with Gasteiger partial charge < -0.3 is 4.74 Å². The third-order valence-corrected chi connectivity index (χ3v) is 3.41. The summed E-state index contributed by atoms with van der Waals surface area (Å²) in [7, 11) is 0. The van der Waals surface area contributed by atoms with Crippen molar-refractivity contribution in [1.29, 1.82) is 5.26 Å². The summed E-state index contributed by atoms with van der Waals surface area (Å²) in [6, 6.07) is 13.4. The Morgan fingerprint density at radius 1 is 1.00 bits per heavy atom. The molecular weight excluding hydrogens is 278 g/mol. The molecule has 4 nitrogen and oxygen atoms in total. The highest BCUT2D eigenvalue weighted by molar-refractivity contribution is 5.99. The van der Waals surface area contributed by atoms with Crippen LogP contribution in [0, 0.1) is 25.2 Å². The third-order valence-electron chi connectivity index (χ3n) is 3.41. The van der Waals surface area contributed by atoms with Crippen LogP contribution in [0.3, 0.4) is 0 Å². The van der Waals surface area contributed by atoms with Crippen LogP contribution in [0.25, 0.3) is 0 Å². The quantitative estimate of drug-likeness (QED) is 0.641. The Morgan fingerprint density at radius 2 is 1.64 bits per heavy atom. The highest BCUT2D eigenvalue weighted by atomic mass is 16.5. The van der Waals surface area contributed by atoms with Gasteiger partial charge in [-0.05, 0) is 55.3 Å². The molecule has 4 heteroatoms. The number of nitriles is 1. The third kappa shape index (κ3) is 3.58. The van der Waals surface area contributed by atoms with Crippen molar-refractivity contribution < 1.29 is 14.3 Å². The molecule has 0 radical (unpaired) electrons. The standard InChI is InChI=1S/C18H15NO3/c1-12-3-6-16(9-13(12)2)17(20)11-22-18(21)15-7-4-14(10-19)5-8-15/h3-9H,11H2,1-2H3. The Bertz CT molecular complexity index is 755. The second-order valence-electron chi connectivity index (χ2n) is 4.99. The molecule has 0 spiro atoms. The molecule has 0 aliphatic carbocycles. The maximum absolute atomic E-state index is 12.0. The van der Waals surface area contributed by atoms with E-state index in [1.54, 1.807) is 12.1 Å². The van der Waals surface area contributed by atoms with Gasteiger partial charge in [-0.2, -0.15) is 5.26 Å². The number of carbonyl (C=O) groups is 2. The number of hydrogen-bond donors (Lipinski definition) is 0. The van der Waals surface area contributed by atoms with Crippen molar-refractivity contribution in [1.82, 2.24) is 0 Å². The smallest absolute Gasteiger partial charge is 0.338 e. The number of aryl methyl sites for hydroxylation is 2. The molecular formula is C18H15NO3. The summed E-state index contributed by atoms with van der Waals surface area (Å²) >= 11 is 0. The number of ether oxygens (including phenoxy) is 1. The number of carbonyl (C=O) groups excluding carboxylic acids is 2. The van der Waals surface area contributed by atoms with Crippen molar-refractivity contribution in [2.45, 2.75) is 13.8 Å². The van der Waals surface area contributed by atoms with Gasteiger partial charge in [0.1, 0.15) is 0 Å². The Labute approximate surface area is 129 Å². The second kappa shape index (κ2) is 6.68. The van der Waals surface area contributed by atoms with Crippen molar-refractivity contribution in [3.8, 4) is 6.07 Å². The van der Waals surface area contributed by atoms with Crippen LogP contribution in [-0.4, -0.2) is 18.4 Å². The molecule has 0 unspecified atom stereocenters. The van der Waals surface area contributed by atoms with Gasteiger partial charge in [-0.15, -0.1) is 0 Å². The van der Waals surface area contributed by atoms with E-state index in [2.05, 4.69) is 0 Å². The summed E-state index contributed by atoms with van der Waals surface area (Å²) in [5.41, 5.74) is 3.42. The summed E-state index contributed by atoms with van der Waals surface area (Å²) in [5.74, 6) is -0.827. The van der Waals surface area contributed by atoms with E-state index in [-0.39, 0.29) is 12.4 Å². The van der Waals surface area contributed by atoms with Gasteiger partial charge in [0.05, 0.1) is 17.2 Å². The largest absolute Gasteiger partial charge is 0.454 e. The fraction of sp³-hybridized carbons (Fsp3) is 0.167. The maximum atomic E-state index is 12.0. The number of hydrogen-bond acceptors (Lipinski definition) is 4. The zero-order chi connectivity index (χ0) is 16.1. The van der Waals surface area contributed by atoms with E-state index in [4.69, 9.17) is 10.00 Å². The van der Waals surface area contributed by atoms with Crippen LogP contribution in [0.5, 0.6) is 0 Å². The summed E-state index contributed by atoms with van der Waals surface area (Å²) in [4.78, 5) is 23.9. The van der Waals surface area contributed by atoms with Crippen LogP contribution in [0.1, 0.15) is 37.4 Å². The van der Waals surface area contributed by atoms with E-state index >= 15 is 0 Å². The number of nitrogens with zero attached hydrogens (tertiary/aromatic N) is 1. The van der Waals surface area contributed by atoms with Gasteiger partial charge in [0.25, 0.3) is 0 Å². The predicted octanol–water partition coefficient (Wildman–Crippen LogP) is 3.21. The van der Waals surface area contributed by atoms with Crippen molar-refractivity contribution in [2.24, 2.45) is 0 Å². The molecule has 2 aromatic rings. The fourth-order valence-corrected chi connectivity index (χ4v) is 1.89. The summed E-state index contributed by atoms with van der Waals surface area (Å²) < 4.78 is 5.02. The van der Waals surface area contributed by atoms with Crippen LogP contribution < -0.4 is 0 Å². The zero-order valence-electron chi connectivity index (χ0n) is 12.4. The van der Waals surface area contributed by atoms with E-state index in [1.807, 2.05) is 26.0 Å².